The van der Waals surface area contributed by atoms with Gasteiger partial charge in [-0.3, -0.25) is 9.59 Å². The number of carbonyl (C=O) groups excluding carboxylic acids is 2. The van der Waals surface area contributed by atoms with Crippen LogP contribution in [0.25, 0.3) is 0 Å². The van der Waals surface area contributed by atoms with Gasteiger partial charge >= 0.3 is 0 Å². The van der Waals surface area contributed by atoms with E-state index >= 15 is 0 Å². The average Bonchev–Trinajstić information content (AvgIpc) is 2.60. The monoisotopic (exact) mass is 332 g/mol. The van der Waals surface area contributed by atoms with Crippen molar-refractivity contribution in [1.82, 2.24) is 10.2 Å². The van der Waals surface area contributed by atoms with Crippen LogP contribution in [0, 0.1) is 19.8 Å². The zero-order valence-electron chi connectivity index (χ0n) is 14.9. The number of benzene rings is 1. The van der Waals surface area contributed by atoms with Gasteiger partial charge in [0.2, 0.25) is 5.91 Å². The number of ether oxygens (including phenoxy) is 1. The molecule has 0 aromatic heterocycles. The summed E-state index contributed by atoms with van der Waals surface area (Å²) in [6.07, 6.45) is 2.28. The van der Waals surface area contributed by atoms with Crippen LogP contribution in [-0.2, 0) is 9.53 Å². The first-order chi connectivity index (χ1) is 11.5. The maximum atomic E-state index is 12.6. The predicted octanol–water partition coefficient (Wildman–Crippen LogP) is 2.31. The Bertz CT molecular complexity index is 578. The highest BCUT2D eigenvalue weighted by Crippen LogP contribution is 2.20. The van der Waals surface area contributed by atoms with Crippen molar-refractivity contribution in [2.75, 3.05) is 33.4 Å². The Hall–Kier alpha value is -1.88. The van der Waals surface area contributed by atoms with Crippen molar-refractivity contribution in [3.8, 4) is 0 Å². The fourth-order valence-electron chi connectivity index (χ4n) is 2.97. The van der Waals surface area contributed by atoms with Crippen LogP contribution in [0.1, 0.15) is 40.7 Å². The van der Waals surface area contributed by atoms with Crippen LogP contribution in [0.5, 0.6) is 0 Å². The average molecular weight is 332 g/mol. The molecule has 0 atom stereocenters. The molecule has 1 N–H and O–H groups in total. The molecule has 2 amide bonds. The zero-order valence-corrected chi connectivity index (χ0v) is 14.9. The van der Waals surface area contributed by atoms with Gasteiger partial charge in [-0.15, -0.1) is 0 Å². The molecule has 2 rings (SSSR count). The predicted molar refractivity (Wildman–Crippen MR) is 94.0 cm³/mol. The van der Waals surface area contributed by atoms with Gasteiger partial charge in [-0.1, -0.05) is 6.07 Å². The third kappa shape index (κ3) is 4.81. The summed E-state index contributed by atoms with van der Waals surface area (Å²) in [6, 6.07) is 5.83. The van der Waals surface area contributed by atoms with E-state index in [0.29, 0.717) is 26.2 Å². The van der Waals surface area contributed by atoms with Gasteiger partial charge in [0, 0.05) is 44.8 Å². The highest BCUT2D eigenvalue weighted by Gasteiger charge is 2.27. The molecular formula is C19H28N2O3. The summed E-state index contributed by atoms with van der Waals surface area (Å²) in [5, 5.41) is 2.95. The molecule has 0 unspecified atom stereocenters. The Balaban J connectivity index is 1.82. The molecule has 1 saturated heterocycles. The van der Waals surface area contributed by atoms with E-state index in [2.05, 4.69) is 5.32 Å². The van der Waals surface area contributed by atoms with Gasteiger partial charge < -0.3 is 15.0 Å². The highest BCUT2D eigenvalue weighted by atomic mass is 16.5. The van der Waals surface area contributed by atoms with Gasteiger partial charge in [0.15, 0.2) is 0 Å². The Morgan fingerprint density at radius 2 is 1.92 bits per heavy atom. The second kappa shape index (κ2) is 8.83. The van der Waals surface area contributed by atoms with Crippen LogP contribution >= 0.6 is 0 Å². The van der Waals surface area contributed by atoms with E-state index in [1.165, 1.54) is 5.56 Å². The summed E-state index contributed by atoms with van der Waals surface area (Å²) < 4.78 is 4.97. The number of likely N-dealkylation sites (tertiary alicyclic amines) is 1. The van der Waals surface area contributed by atoms with Crippen LogP contribution < -0.4 is 5.32 Å². The number of aryl methyl sites for hydroxylation is 2. The molecule has 1 aromatic rings. The molecule has 1 fully saturated rings. The topological polar surface area (TPSA) is 58.6 Å². The number of carbonyl (C=O) groups is 2. The molecule has 0 spiro atoms. The molecule has 1 aromatic carbocycles. The molecular weight excluding hydrogens is 304 g/mol. The third-order valence-corrected chi connectivity index (χ3v) is 4.73. The van der Waals surface area contributed by atoms with Crippen LogP contribution in [0.15, 0.2) is 18.2 Å². The fraction of sp³-hybridized carbons (Fsp3) is 0.579. The maximum Gasteiger partial charge on any atom is 0.253 e. The molecule has 1 heterocycles. The number of amides is 2. The van der Waals surface area contributed by atoms with E-state index in [0.717, 1.165) is 30.4 Å². The van der Waals surface area contributed by atoms with E-state index in [4.69, 9.17) is 4.74 Å². The molecule has 0 bridgehead atoms. The Morgan fingerprint density at radius 3 is 2.54 bits per heavy atom. The quantitative estimate of drug-likeness (QED) is 0.813. The van der Waals surface area contributed by atoms with Gasteiger partial charge in [0.1, 0.15) is 0 Å². The van der Waals surface area contributed by atoms with Crippen LogP contribution in [0.4, 0.5) is 0 Å². The lowest BCUT2D eigenvalue weighted by molar-refractivity contribution is -0.126. The molecule has 24 heavy (non-hydrogen) atoms. The smallest absolute Gasteiger partial charge is 0.253 e. The first kappa shape index (κ1) is 18.5. The van der Waals surface area contributed by atoms with E-state index in [9.17, 15) is 9.59 Å². The summed E-state index contributed by atoms with van der Waals surface area (Å²) in [5.41, 5.74) is 3.06. The molecule has 0 saturated carbocycles. The number of nitrogens with one attached hydrogen (secondary N) is 1. The molecule has 132 valence electrons. The first-order valence-corrected chi connectivity index (χ1v) is 8.66. The molecule has 5 nitrogen and oxygen atoms in total. The summed E-state index contributed by atoms with van der Waals surface area (Å²) in [4.78, 5) is 26.6. The highest BCUT2D eigenvalue weighted by molar-refractivity contribution is 5.94. The van der Waals surface area contributed by atoms with E-state index in [1.54, 1.807) is 7.11 Å². The van der Waals surface area contributed by atoms with Crippen LogP contribution in [0.3, 0.4) is 0 Å². The second-order valence-electron chi connectivity index (χ2n) is 6.50. The van der Waals surface area contributed by atoms with Gasteiger partial charge in [0.05, 0.1) is 0 Å². The number of rotatable bonds is 6. The molecule has 1 aliphatic heterocycles. The van der Waals surface area contributed by atoms with Crippen molar-refractivity contribution in [3.63, 3.8) is 0 Å². The largest absolute Gasteiger partial charge is 0.385 e. The minimum absolute atomic E-state index is 0.0105. The normalized spacial score (nSPS) is 15.4. The van der Waals surface area contributed by atoms with Gasteiger partial charge in [-0.05, 0) is 56.4 Å². The lowest BCUT2D eigenvalue weighted by Gasteiger charge is -2.31. The van der Waals surface area contributed by atoms with Crippen molar-refractivity contribution in [3.05, 3.63) is 34.9 Å². The summed E-state index contributed by atoms with van der Waals surface area (Å²) in [7, 11) is 1.66. The molecule has 5 heteroatoms. The van der Waals surface area contributed by atoms with Gasteiger partial charge in [-0.2, -0.15) is 0 Å². The molecule has 0 aliphatic carbocycles. The number of hydrogen-bond donors (Lipinski definition) is 1. The SMILES string of the molecule is COCCCNC(=O)C1CCN(C(=O)c2ccc(C)c(C)c2)CC1. The first-order valence-electron chi connectivity index (χ1n) is 8.66. The lowest BCUT2D eigenvalue weighted by Crippen LogP contribution is -2.43. The fourth-order valence-corrected chi connectivity index (χ4v) is 2.97. The van der Waals surface area contributed by atoms with Crippen molar-refractivity contribution in [1.29, 1.82) is 0 Å². The minimum atomic E-state index is 0.0105. The number of hydrogen-bond acceptors (Lipinski definition) is 3. The Kier molecular flexibility index (Phi) is 6.79. The lowest BCUT2D eigenvalue weighted by atomic mass is 9.95. The summed E-state index contributed by atoms with van der Waals surface area (Å²) in [5.74, 6) is 0.179. The van der Waals surface area contributed by atoms with Crippen LogP contribution in [0.2, 0.25) is 0 Å². The molecule has 1 aliphatic rings. The van der Waals surface area contributed by atoms with E-state index < -0.39 is 0 Å². The summed E-state index contributed by atoms with van der Waals surface area (Å²) in [6.45, 7) is 6.65. The van der Waals surface area contributed by atoms with E-state index in [-0.39, 0.29) is 17.7 Å². The zero-order chi connectivity index (χ0) is 17.5. The number of nitrogens with zero attached hydrogens (tertiary/aromatic N) is 1. The Morgan fingerprint density at radius 1 is 1.21 bits per heavy atom. The van der Waals surface area contributed by atoms with Gasteiger partial charge in [-0.25, -0.2) is 0 Å². The Labute approximate surface area is 144 Å². The van der Waals surface area contributed by atoms with Crippen LogP contribution in [-0.4, -0.2) is 50.1 Å². The summed E-state index contributed by atoms with van der Waals surface area (Å²) >= 11 is 0. The van der Waals surface area contributed by atoms with E-state index in [1.807, 2.05) is 36.9 Å². The van der Waals surface area contributed by atoms with Gasteiger partial charge in [0.25, 0.3) is 5.91 Å². The second-order valence-corrected chi connectivity index (χ2v) is 6.50. The third-order valence-electron chi connectivity index (χ3n) is 4.73. The van der Waals surface area contributed by atoms with Crippen molar-refractivity contribution < 1.29 is 14.3 Å². The molecule has 0 radical (unpaired) electrons. The maximum absolute atomic E-state index is 12.6. The number of methoxy groups -OCH3 is 1. The minimum Gasteiger partial charge on any atom is -0.385 e. The standard InChI is InChI=1S/C19H28N2O3/c1-14-5-6-17(13-15(14)2)19(23)21-10-7-16(8-11-21)18(22)20-9-4-12-24-3/h5-6,13,16H,4,7-12H2,1-3H3,(H,20,22). The van der Waals surface area contributed by atoms with Crippen molar-refractivity contribution in [2.24, 2.45) is 5.92 Å². The van der Waals surface area contributed by atoms with Crippen molar-refractivity contribution in [2.45, 2.75) is 33.1 Å². The van der Waals surface area contributed by atoms with Crippen molar-refractivity contribution >= 4 is 11.8 Å². The number of piperidine rings is 1.